The molecule has 0 heterocycles. The van der Waals surface area contributed by atoms with Gasteiger partial charge in [-0.05, 0) is 117 Å². The molecular weight excluding hydrogens is 617 g/mol. The monoisotopic (exact) mass is 650 g/mol. The molecule has 0 radical (unpaired) electrons. The zero-order valence-corrected chi connectivity index (χ0v) is 28.0. The van der Waals surface area contributed by atoms with Crippen molar-refractivity contribution in [3.8, 4) is 22.3 Å². The van der Waals surface area contributed by atoms with Crippen LogP contribution in [0.3, 0.4) is 0 Å². The molecule has 0 amide bonds. The van der Waals surface area contributed by atoms with Gasteiger partial charge in [0.05, 0.1) is 5.41 Å². The van der Waals surface area contributed by atoms with Crippen molar-refractivity contribution in [2.24, 2.45) is 0 Å². The molecule has 0 bridgehead atoms. The Hall–Kier alpha value is -6.64. The number of benzene rings is 8. The molecule has 0 aliphatic heterocycles. The summed E-state index contributed by atoms with van der Waals surface area (Å²) in [5.74, 6) is 0. The third kappa shape index (κ3) is 4.43. The van der Waals surface area contributed by atoms with E-state index in [-0.39, 0.29) is 0 Å². The highest BCUT2D eigenvalue weighted by atomic mass is 15.1. The van der Waals surface area contributed by atoms with Crippen LogP contribution in [-0.2, 0) is 5.41 Å². The van der Waals surface area contributed by atoms with E-state index in [2.05, 4.69) is 216 Å². The van der Waals surface area contributed by atoms with Crippen LogP contribution in [0.5, 0.6) is 0 Å². The lowest BCUT2D eigenvalue weighted by molar-refractivity contribution is 0.793. The minimum absolute atomic E-state index is 0.463. The maximum absolute atomic E-state index is 2.45. The number of rotatable bonds is 6. The van der Waals surface area contributed by atoms with Crippen LogP contribution in [-0.4, -0.2) is 0 Å². The fraction of sp³-hybridized carbons (Fsp3) is 0.0204. The Morgan fingerprint density at radius 3 is 1.08 bits per heavy atom. The predicted molar refractivity (Wildman–Crippen MR) is 212 cm³/mol. The molecule has 8 aromatic rings. The third-order valence-corrected chi connectivity index (χ3v) is 10.6. The first-order valence-corrected chi connectivity index (χ1v) is 17.6. The predicted octanol–water partition coefficient (Wildman–Crippen LogP) is 13.0. The lowest BCUT2D eigenvalue weighted by Crippen LogP contribution is -2.26. The topological polar surface area (TPSA) is 6.48 Å². The number of fused-ring (bicyclic) bond motifs is 10. The van der Waals surface area contributed by atoms with Gasteiger partial charge in [0.1, 0.15) is 0 Å². The first-order valence-electron chi connectivity index (χ1n) is 17.6. The summed E-state index contributed by atoms with van der Waals surface area (Å²) in [7, 11) is 0. The molecular formula is C49H34N2. The molecule has 10 rings (SSSR count). The highest BCUT2D eigenvalue weighted by molar-refractivity contribution is 5.97. The molecule has 240 valence electrons. The Labute approximate surface area is 299 Å². The average molecular weight is 651 g/mol. The van der Waals surface area contributed by atoms with Crippen LogP contribution in [0.1, 0.15) is 22.3 Å². The van der Waals surface area contributed by atoms with Crippen LogP contribution < -0.4 is 9.80 Å². The highest BCUT2D eigenvalue weighted by Gasteiger charge is 2.52. The first kappa shape index (κ1) is 29.3. The lowest BCUT2D eigenvalue weighted by atomic mass is 9.70. The molecule has 0 aromatic heterocycles. The van der Waals surface area contributed by atoms with E-state index in [0.717, 1.165) is 34.1 Å². The lowest BCUT2D eigenvalue weighted by Gasteiger charge is -2.32. The SMILES string of the molecule is c1ccc(N(c2ccccc2)c2ccc3c(c2)-c2ccccc2C32c3ccccc3-c3ccc(N(c4ccccc4)c4ccccc4)cc32)cc1. The van der Waals surface area contributed by atoms with Crippen molar-refractivity contribution in [2.45, 2.75) is 5.41 Å². The van der Waals surface area contributed by atoms with Gasteiger partial charge in [-0.15, -0.1) is 0 Å². The Bertz CT molecular complexity index is 2450. The van der Waals surface area contributed by atoms with E-state index in [1.807, 2.05) is 0 Å². The van der Waals surface area contributed by atoms with Crippen molar-refractivity contribution in [1.82, 2.24) is 0 Å². The molecule has 0 saturated carbocycles. The van der Waals surface area contributed by atoms with E-state index in [1.165, 1.54) is 44.5 Å². The second-order valence-corrected chi connectivity index (χ2v) is 13.3. The molecule has 2 aliphatic rings. The molecule has 51 heavy (non-hydrogen) atoms. The summed E-state index contributed by atoms with van der Waals surface area (Å²) in [4.78, 5) is 4.74. The number of hydrogen-bond acceptors (Lipinski definition) is 2. The van der Waals surface area contributed by atoms with E-state index in [1.54, 1.807) is 0 Å². The Morgan fingerprint density at radius 1 is 0.235 bits per heavy atom. The van der Waals surface area contributed by atoms with E-state index in [4.69, 9.17) is 0 Å². The summed E-state index contributed by atoms with van der Waals surface area (Å²) >= 11 is 0. The van der Waals surface area contributed by atoms with Crippen molar-refractivity contribution in [2.75, 3.05) is 9.80 Å². The van der Waals surface area contributed by atoms with Crippen molar-refractivity contribution < 1.29 is 0 Å². The van der Waals surface area contributed by atoms with Gasteiger partial charge in [0.25, 0.3) is 0 Å². The first-order chi connectivity index (χ1) is 25.3. The average Bonchev–Trinajstić information content (AvgIpc) is 3.66. The van der Waals surface area contributed by atoms with Gasteiger partial charge in [-0.25, -0.2) is 0 Å². The van der Waals surface area contributed by atoms with Crippen LogP contribution >= 0.6 is 0 Å². The fourth-order valence-corrected chi connectivity index (χ4v) is 8.60. The normalized spacial score (nSPS) is 14.7. The van der Waals surface area contributed by atoms with Gasteiger partial charge < -0.3 is 9.80 Å². The van der Waals surface area contributed by atoms with Crippen molar-refractivity contribution in [3.63, 3.8) is 0 Å². The summed E-state index contributed by atoms with van der Waals surface area (Å²) in [6.07, 6.45) is 0. The van der Waals surface area contributed by atoms with Gasteiger partial charge >= 0.3 is 0 Å². The largest absolute Gasteiger partial charge is 0.310 e. The minimum atomic E-state index is -0.463. The highest BCUT2D eigenvalue weighted by Crippen LogP contribution is 2.63. The van der Waals surface area contributed by atoms with Gasteiger partial charge in [-0.1, -0.05) is 133 Å². The summed E-state index contributed by atoms with van der Waals surface area (Å²) in [5, 5.41) is 0. The van der Waals surface area contributed by atoms with Crippen LogP contribution in [0.25, 0.3) is 22.3 Å². The minimum Gasteiger partial charge on any atom is -0.310 e. The maximum atomic E-state index is 2.45. The molecule has 2 nitrogen and oxygen atoms in total. The molecule has 1 atom stereocenters. The van der Waals surface area contributed by atoms with E-state index < -0.39 is 5.41 Å². The molecule has 0 fully saturated rings. The smallest absolute Gasteiger partial charge is 0.0726 e. The zero-order chi connectivity index (χ0) is 33.8. The molecule has 2 heteroatoms. The van der Waals surface area contributed by atoms with E-state index in [9.17, 15) is 0 Å². The Balaban J connectivity index is 1.23. The third-order valence-electron chi connectivity index (χ3n) is 10.6. The van der Waals surface area contributed by atoms with Gasteiger partial charge in [0.15, 0.2) is 0 Å². The van der Waals surface area contributed by atoms with E-state index >= 15 is 0 Å². The molecule has 8 aromatic carbocycles. The summed E-state index contributed by atoms with van der Waals surface area (Å²) in [6.45, 7) is 0. The fourth-order valence-electron chi connectivity index (χ4n) is 8.60. The van der Waals surface area contributed by atoms with Gasteiger partial charge in [-0.2, -0.15) is 0 Å². The van der Waals surface area contributed by atoms with Crippen LogP contribution in [0, 0.1) is 0 Å². The second-order valence-electron chi connectivity index (χ2n) is 13.3. The van der Waals surface area contributed by atoms with Crippen LogP contribution in [0.4, 0.5) is 34.1 Å². The molecule has 2 aliphatic carbocycles. The molecule has 1 spiro atoms. The number of nitrogens with zero attached hydrogens (tertiary/aromatic N) is 2. The summed E-state index contributed by atoms with van der Waals surface area (Å²) in [6, 6.07) is 75.1. The Kier molecular flexibility index (Phi) is 6.75. The number of anilines is 6. The number of hydrogen-bond donors (Lipinski definition) is 0. The number of para-hydroxylation sites is 4. The van der Waals surface area contributed by atoms with Gasteiger partial charge in [0, 0.05) is 34.1 Å². The quantitative estimate of drug-likeness (QED) is 0.177. The summed E-state index contributed by atoms with van der Waals surface area (Å²) < 4.78 is 0. The maximum Gasteiger partial charge on any atom is 0.0726 e. The molecule has 0 N–H and O–H groups in total. The van der Waals surface area contributed by atoms with Crippen LogP contribution in [0.15, 0.2) is 206 Å². The summed E-state index contributed by atoms with van der Waals surface area (Å²) in [5.41, 5.74) is 16.8. The van der Waals surface area contributed by atoms with Crippen molar-refractivity contribution >= 4 is 34.1 Å². The van der Waals surface area contributed by atoms with Crippen molar-refractivity contribution in [3.05, 3.63) is 229 Å². The van der Waals surface area contributed by atoms with E-state index in [0.29, 0.717) is 0 Å². The van der Waals surface area contributed by atoms with Crippen LogP contribution in [0.2, 0.25) is 0 Å². The van der Waals surface area contributed by atoms with Gasteiger partial charge in [0.2, 0.25) is 0 Å². The Morgan fingerprint density at radius 2 is 0.588 bits per heavy atom. The molecule has 0 saturated heterocycles. The standard InChI is InChI=1S/C49H34N2/c1-5-17-35(18-6-1)50(36-19-7-2-8-20-36)39-30-32-47-44(33-39)42-26-14-16-28-46(42)49(47)45-27-15-13-25-41(45)43-31-29-40(34-48(43)49)51(37-21-9-3-10-22-37)38-23-11-4-12-24-38/h1-34H. The zero-order valence-electron chi connectivity index (χ0n) is 28.0. The second kappa shape index (κ2) is 11.8. The van der Waals surface area contributed by atoms with Gasteiger partial charge in [-0.3, -0.25) is 0 Å². The van der Waals surface area contributed by atoms with Crippen molar-refractivity contribution in [1.29, 1.82) is 0 Å². The molecule has 1 unspecified atom stereocenters.